The van der Waals surface area contributed by atoms with Crippen LogP contribution in [-0.2, 0) is 6.61 Å². The molecule has 0 amide bonds. The molecule has 0 spiro atoms. The first-order valence-corrected chi connectivity index (χ1v) is 7.72. The van der Waals surface area contributed by atoms with Crippen LogP contribution in [0.3, 0.4) is 0 Å². The summed E-state index contributed by atoms with van der Waals surface area (Å²) in [5.41, 5.74) is 4.78. The van der Waals surface area contributed by atoms with Crippen LogP contribution in [0.2, 0.25) is 0 Å². The number of anilines is 1. The van der Waals surface area contributed by atoms with E-state index in [0.29, 0.717) is 6.61 Å². The fraction of sp³-hybridized carbons (Fsp3) is 0.368. The van der Waals surface area contributed by atoms with Crippen molar-refractivity contribution >= 4 is 5.69 Å². The lowest BCUT2D eigenvalue weighted by atomic mass is 10.1. The Morgan fingerprint density at radius 2 is 1.86 bits per heavy atom. The minimum Gasteiger partial charge on any atom is -0.489 e. The molecule has 0 aromatic heterocycles. The van der Waals surface area contributed by atoms with E-state index in [9.17, 15) is 0 Å². The Labute approximate surface area is 128 Å². The highest BCUT2D eigenvalue weighted by atomic mass is 16.5. The van der Waals surface area contributed by atoms with Crippen molar-refractivity contribution in [2.75, 3.05) is 11.9 Å². The Kier molecular flexibility index (Phi) is 5.68. The van der Waals surface area contributed by atoms with Gasteiger partial charge >= 0.3 is 0 Å². The molecule has 0 aliphatic rings. The van der Waals surface area contributed by atoms with Crippen LogP contribution in [0.4, 0.5) is 5.69 Å². The summed E-state index contributed by atoms with van der Waals surface area (Å²) in [5, 5.41) is 3.50. The largest absolute Gasteiger partial charge is 0.489 e. The third kappa shape index (κ3) is 4.52. The van der Waals surface area contributed by atoms with Crippen molar-refractivity contribution in [3.05, 3.63) is 59.2 Å². The molecule has 2 aromatic rings. The lowest BCUT2D eigenvalue weighted by molar-refractivity contribution is 0.304. The van der Waals surface area contributed by atoms with Gasteiger partial charge in [0.05, 0.1) is 0 Å². The van der Waals surface area contributed by atoms with Crippen molar-refractivity contribution in [1.82, 2.24) is 0 Å². The molecule has 0 heterocycles. The maximum Gasteiger partial charge on any atom is 0.122 e. The number of nitrogens with one attached hydrogen (secondary N) is 1. The quantitative estimate of drug-likeness (QED) is 0.714. The van der Waals surface area contributed by atoms with Crippen LogP contribution >= 0.6 is 0 Å². The molecule has 0 saturated carbocycles. The molecule has 112 valence electrons. The standard InChI is InChI=1S/C19H25NO/c1-4-5-12-20-18-9-7-6-8-17(18)14-21-19-13-15(2)10-11-16(19)3/h6-11,13,20H,4-5,12,14H2,1-3H3. The van der Waals surface area contributed by atoms with Gasteiger partial charge in [-0.1, -0.05) is 43.7 Å². The summed E-state index contributed by atoms with van der Waals surface area (Å²) in [7, 11) is 0. The number of hydrogen-bond donors (Lipinski definition) is 1. The van der Waals surface area contributed by atoms with Gasteiger partial charge in [-0.05, 0) is 43.5 Å². The maximum atomic E-state index is 6.01. The zero-order valence-electron chi connectivity index (χ0n) is 13.3. The molecule has 0 aliphatic heterocycles. The second kappa shape index (κ2) is 7.72. The van der Waals surface area contributed by atoms with E-state index in [0.717, 1.165) is 12.3 Å². The van der Waals surface area contributed by atoms with Gasteiger partial charge in [0, 0.05) is 17.8 Å². The normalized spacial score (nSPS) is 10.4. The van der Waals surface area contributed by atoms with E-state index in [2.05, 4.69) is 68.6 Å². The van der Waals surface area contributed by atoms with Gasteiger partial charge in [-0.2, -0.15) is 0 Å². The van der Waals surface area contributed by atoms with E-state index in [1.54, 1.807) is 0 Å². The fourth-order valence-electron chi connectivity index (χ4n) is 2.24. The van der Waals surface area contributed by atoms with Crippen molar-refractivity contribution in [3.63, 3.8) is 0 Å². The van der Waals surface area contributed by atoms with Gasteiger partial charge in [0.2, 0.25) is 0 Å². The molecule has 0 fully saturated rings. The Hall–Kier alpha value is -1.96. The molecule has 0 bridgehead atoms. The van der Waals surface area contributed by atoms with Crippen LogP contribution in [0.25, 0.3) is 0 Å². The maximum absolute atomic E-state index is 6.01. The zero-order chi connectivity index (χ0) is 15.1. The molecule has 2 aromatic carbocycles. The first kappa shape index (κ1) is 15.4. The molecule has 0 radical (unpaired) electrons. The lowest BCUT2D eigenvalue weighted by Gasteiger charge is -2.14. The monoisotopic (exact) mass is 283 g/mol. The molecule has 2 nitrogen and oxygen atoms in total. The Morgan fingerprint density at radius 3 is 2.67 bits per heavy atom. The van der Waals surface area contributed by atoms with Crippen molar-refractivity contribution < 1.29 is 4.74 Å². The molecule has 2 heteroatoms. The Bertz CT molecular complexity index is 578. The summed E-state index contributed by atoms with van der Waals surface area (Å²) < 4.78 is 6.01. The highest BCUT2D eigenvalue weighted by molar-refractivity contribution is 5.51. The summed E-state index contributed by atoms with van der Waals surface area (Å²) >= 11 is 0. The molecular formula is C19H25NO. The van der Waals surface area contributed by atoms with Crippen LogP contribution in [0.1, 0.15) is 36.5 Å². The van der Waals surface area contributed by atoms with Crippen molar-refractivity contribution in [2.45, 2.75) is 40.2 Å². The van der Waals surface area contributed by atoms with Crippen LogP contribution in [-0.4, -0.2) is 6.54 Å². The summed E-state index contributed by atoms with van der Waals surface area (Å²) in [4.78, 5) is 0. The van der Waals surface area contributed by atoms with Crippen LogP contribution in [0, 0.1) is 13.8 Å². The molecule has 0 aliphatic carbocycles. The molecule has 2 rings (SSSR count). The summed E-state index contributed by atoms with van der Waals surface area (Å²) in [6.45, 7) is 7.99. The zero-order valence-corrected chi connectivity index (χ0v) is 13.3. The second-order valence-corrected chi connectivity index (χ2v) is 5.50. The predicted octanol–water partition coefficient (Wildman–Crippen LogP) is 5.09. The van der Waals surface area contributed by atoms with E-state index in [4.69, 9.17) is 4.74 Å². The highest BCUT2D eigenvalue weighted by Gasteiger charge is 2.04. The van der Waals surface area contributed by atoms with Gasteiger partial charge in [-0.25, -0.2) is 0 Å². The predicted molar refractivity (Wildman–Crippen MR) is 90.1 cm³/mol. The van der Waals surface area contributed by atoms with Crippen LogP contribution in [0.5, 0.6) is 5.75 Å². The molecule has 0 saturated heterocycles. The van der Waals surface area contributed by atoms with Gasteiger partial charge in [0.1, 0.15) is 12.4 Å². The number of benzene rings is 2. The summed E-state index contributed by atoms with van der Waals surface area (Å²) in [6.07, 6.45) is 2.39. The summed E-state index contributed by atoms with van der Waals surface area (Å²) in [5.74, 6) is 0.971. The van der Waals surface area contributed by atoms with Gasteiger partial charge in [-0.15, -0.1) is 0 Å². The van der Waals surface area contributed by atoms with E-state index in [-0.39, 0.29) is 0 Å². The van der Waals surface area contributed by atoms with Crippen molar-refractivity contribution in [1.29, 1.82) is 0 Å². The number of aryl methyl sites for hydroxylation is 2. The average Bonchev–Trinajstić information content (AvgIpc) is 2.49. The smallest absolute Gasteiger partial charge is 0.122 e. The van der Waals surface area contributed by atoms with E-state index < -0.39 is 0 Å². The number of ether oxygens (including phenoxy) is 1. The highest BCUT2D eigenvalue weighted by Crippen LogP contribution is 2.22. The minimum absolute atomic E-state index is 0.597. The SMILES string of the molecule is CCCCNc1ccccc1COc1cc(C)ccc1C. The second-order valence-electron chi connectivity index (χ2n) is 5.50. The van der Waals surface area contributed by atoms with Gasteiger partial charge in [0.25, 0.3) is 0 Å². The Balaban J connectivity index is 2.04. The van der Waals surface area contributed by atoms with Crippen molar-refractivity contribution in [2.24, 2.45) is 0 Å². The van der Waals surface area contributed by atoms with E-state index >= 15 is 0 Å². The molecule has 0 unspecified atom stereocenters. The number of para-hydroxylation sites is 1. The topological polar surface area (TPSA) is 21.3 Å². The van der Waals surface area contributed by atoms with Crippen molar-refractivity contribution in [3.8, 4) is 5.75 Å². The molecular weight excluding hydrogens is 258 g/mol. The first-order chi connectivity index (χ1) is 10.2. The average molecular weight is 283 g/mol. The van der Waals surface area contributed by atoms with Gasteiger partial charge < -0.3 is 10.1 Å². The van der Waals surface area contributed by atoms with Gasteiger partial charge in [0.15, 0.2) is 0 Å². The van der Waals surface area contributed by atoms with E-state index in [1.165, 1.54) is 35.2 Å². The number of rotatable bonds is 7. The number of unbranched alkanes of at least 4 members (excludes halogenated alkanes) is 1. The van der Waals surface area contributed by atoms with Crippen LogP contribution < -0.4 is 10.1 Å². The number of hydrogen-bond acceptors (Lipinski definition) is 2. The molecule has 1 N–H and O–H groups in total. The first-order valence-electron chi connectivity index (χ1n) is 7.72. The third-order valence-corrected chi connectivity index (χ3v) is 3.59. The molecule has 0 atom stereocenters. The lowest BCUT2D eigenvalue weighted by Crippen LogP contribution is -2.06. The van der Waals surface area contributed by atoms with Gasteiger partial charge in [-0.3, -0.25) is 0 Å². The summed E-state index contributed by atoms with van der Waals surface area (Å²) in [6, 6.07) is 14.7. The molecule has 21 heavy (non-hydrogen) atoms. The minimum atomic E-state index is 0.597. The Morgan fingerprint density at radius 1 is 1.05 bits per heavy atom. The van der Waals surface area contributed by atoms with Crippen LogP contribution in [0.15, 0.2) is 42.5 Å². The fourth-order valence-corrected chi connectivity index (χ4v) is 2.24. The van der Waals surface area contributed by atoms with E-state index in [1.807, 2.05) is 0 Å². The third-order valence-electron chi connectivity index (χ3n) is 3.59.